The Kier molecular flexibility index (Phi) is 3.43. The Bertz CT molecular complexity index is 819. The molecule has 106 valence electrons. The summed E-state index contributed by atoms with van der Waals surface area (Å²) in [7, 11) is 0. The van der Waals surface area contributed by atoms with Crippen molar-refractivity contribution >= 4 is 28.1 Å². The van der Waals surface area contributed by atoms with Crippen LogP contribution in [0.5, 0.6) is 0 Å². The molecule has 1 aromatic carbocycles. The molecule has 0 fully saturated rings. The molecule has 4 nitrogen and oxygen atoms in total. The molecule has 0 atom stereocenters. The number of nitrogens with zero attached hydrogens (tertiary/aromatic N) is 2. The molecule has 0 aliphatic heterocycles. The predicted molar refractivity (Wildman–Crippen MR) is 83.9 cm³/mol. The van der Waals surface area contributed by atoms with E-state index in [1.165, 1.54) is 11.3 Å². The van der Waals surface area contributed by atoms with Crippen LogP contribution in [0.4, 0.5) is 0 Å². The number of benzene rings is 1. The second-order valence-corrected chi connectivity index (χ2v) is 6.10. The lowest BCUT2D eigenvalue weighted by Gasteiger charge is -2.03. The predicted octanol–water partition coefficient (Wildman–Crippen LogP) is 4.18. The van der Waals surface area contributed by atoms with E-state index in [1.807, 2.05) is 38.1 Å². The highest BCUT2D eigenvalue weighted by Crippen LogP contribution is 2.34. The van der Waals surface area contributed by atoms with E-state index in [1.54, 1.807) is 12.4 Å². The number of rotatable bonds is 3. The lowest BCUT2D eigenvalue weighted by molar-refractivity contribution is 0.0700. The van der Waals surface area contributed by atoms with Crippen LogP contribution in [0.3, 0.4) is 0 Å². The Labute approximate surface area is 126 Å². The maximum absolute atomic E-state index is 11.4. The highest BCUT2D eigenvalue weighted by atomic mass is 32.1. The van der Waals surface area contributed by atoms with E-state index in [0.29, 0.717) is 15.6 Å². The molecule has 0 unspecified atom stereocenters. The van der Waals surface area contributed by atoms with E-state index < -0.39 is 5.97 Å². The van der Waals surface area contributed by atoms with Gasteiger partial charge in [-0.25, -0.2) is 9.78 Å². The van der Waals surface area contributed by atoms with Gasteiger partial charge in [-0.15, -0.1) is 11.3 Å². The first-order valence-corrected chi connectivity index (χ1v) is 7.46. The van der Waals surface area contributed by atoms with Gasteiger partial charge in [-0.1, -0.05) is 38.1 Å². The second kappa shape index (κ2) is 5.26. The number of aromatic nitrogens is 2. The average molecular weight is 298 g/mol. The van der Waals surface area contributed by atoms with Gasteiger partial charge in [0.15, 0.2) is 0 Å². The molecular weight excluding hydrogens is 284 g/mol. The SMILES string of the molecule is CC(C)c1nc(-c2cncc3ccccc23)sc1C(=O)O. The maximum Gasteiger partial charge on any atom is 0.347 e. The highest BCUT2D eigenvalue weighted by molar-refractivity contribution is 7.17. The molecule has 0 aliphatic carbocycles. The normalized spacial score (nSPS) is 11.2. The van der Waals surface area contributed by atoms with Crippen LogP contribution in [0, 0.1) is 0 Å². The fourth-order valence-electron chi connectivity index (χ4n) is 2.28. The van der Waals surface area contributed by atoms with Gasteiger partial charge in [-0.3, -0.25) is 4.98 Å². The van der Waals surface area contributed by atoms with Crippen LogP contribution in [0.1, 0.15) is 35.1 Å². The van der Waals surface area contributed by atoms with Crippen molar-refractivity contribution < 1.29 is 9.90 Å². The standard InChI is InChI=1S/C16H14N2O2S/c1-9(2)13-14(16(19)20)21-15(18-13)12-8-17-7-10-5-3-4-6-11(10)12/h3-9H,1-2H3,(H,19,20). The van der Waals surface area contributed by atoms with E-state index in [9.17, 15) is 9.90 Å². The van der Waals surface area contributed by atoms with Crippen molar-refractivity contribution in [1.82, 2.24) is 9.97 Å². The third-order valence-electron chi connectivity index (χ3n) is 3.29. The van der Waals surface area contributed by atoms with Crippen LogP contribution < -0.4 is 0 Å². The Morgan fingerprint density at radius 1 is 1.24 bits per heavy atom. The van der Waals surface area contributed by atoms with Crippen molar-refractivity contribution in [3.63, 3.8) is 0 Å². The molecule has 0 radical (unpaired) electrons. The molecule has 3 rings (SSSR count). The Morgan fingerprint density at radius 2 is 2.00 bits per heavy atom. The monoisotopic (exact) mass is 298 g/mol. The molecule has 0 amide bonds. The zero-order chi connectivity index (χ0) is 15.0. The van der Waals surface area contributed by atoms with Crippen LogP contribution in [0.2, 0.25) is 0 Å². The van der Waals surface area contributed by atoms with Gasteiger partial charge in [0, 0.05) is 23.3 Å². The highest BCUT2D eigenvalue weighted by Gasteiger charge is 2.21. The van der Waals surface area contributed by atoms with Crippen molar-refractivity contribution in [2.24, 2.45) is 0 Å². The summed E-state index contributed by atoms with van der Waals surface area (Å²) in [6, 6.07) is 7.91. The van der Waals surface area contributed by atoms with Crippen molar-refractivity contribution in [2.75, 3.05) is 0 Å². The number of carboxylic acid groups (broad SMARTS) is 1. The third-order valence-corrected chi connectivity index (χ3v) is 4.39. The first kappa shape index (κ1) is 13.7. The Balaban J connectivity index is 2.24. The molecule has 0 saturated carbocycles. The van der Waals surface area contributed by atoms with Gasteiger partial charge in [-0.05, 0) is 11.3 Å². The van der Waals surface area contributed by atoms with E-state index >= 15 is 0 Å². The molecular formula is C16H14N2O2S. The average Bonchev–Trinajstić information content (AvgIpc) is 2.92. The molecule has 21 heavy (non-hydrogen) atoms. The van der Waals surface area contributed by atoms with Crippen LogP contribution in [-0.4, -0.2) is 21.0 Å². The fourth-order valence-corrected chi connectivity index (χ4v) is 3.36. The lowest BCUT2D eigenvalue weighted by atomic mass is 10.1. The zero-order valence-corrected chi connectivity index (χ0v) is 12.5. The van der Waals surface area contributed by atoms with Gasteiger partial charge in [0.1, 0.15) is 9.88 Å². The largest absolute Gasteiger partial charge is 0.477 e. The van der Waals surface area contributed by atoms with Crippen LogP contribution in [0.15, 0.2) is 36.7 Å². The first-order chi connectivity index (χ1) is 10.1. The minimum atomic E-state index is -0.921. The molecule has 2 heterocycles. The number of hydrogen-bond acceptors (Lipinski definition) is 4. The third kappa shape index (κ3) is 2.40. The van der Waals surface area contributed by atoms with Gasteiger partial charge < -0.3 is 5.11 Å². The van der Waals surface area contributed by atoms with E-state index in [2.05, 4.69) is 9.97 Å². The van der Waals surface area contributed by atoms with Crippen LogP contribution >= 0.6 is 11.3 Å². The summed E-state index contributed by atoms with van der Waals surface area (Å²) in [5, 5.41) is 12.1. The summed E-state index contributed by atoms with van der Waals surface area (Å²) < 4.78 is 0. The van der Waals surface area contributed by atoms with Crippen LogP contribution in [0.25, 0.3) is 21.3 Å². The maximum atomic E-state index is 11.4. The number of carboxylic acids is 1. The van der Waals surface area contributed by atoms with Gasteiger partial charge >= 0.3 is 5.97 Å². The minimum Gasteiger partial charge on any atom is -0.477 e. The van der Waals surface area contributed by atoms with Gasteiger partial charge in [0.2, 0.25) is 0 Å². The van der Waals surface area contributed by atoms with Crippen molar-refractivity contribution in [3.05, 3.63) is 47.2 Å². The number of carbonyl (C=O) groups is 1. The Hall–Kier alpha value is -2.27. The molecule has 0 spiro atoms. The number of fused-ring (bicyclic) bond motifs is 1. The van der Waals surface area contributed by atoms with Crippen molar-refractivity contribution in [1.29, 1.82) is 0 Å². The van der Waals surface area contributed by atoms with E-state index in [0.717, 1.165) is 16.3 Å². The number of aromatic carboxylic acids is 1. The summed E-state index contributed by atoms with van der Waals surface area (Å²) in [6.07, 6.45) is 3.55. The molecule has 2 aromatic heterocycles. The summed E-state index contributed by atoms with van der Waals surface area (Å²) in [6.45, 7) is 3.90. The minimum absolute atomic E-state index is 0.0732. The number of pyridine rings is 1. The van der Waals surface area contributed by atoms with Crippen molar-refractivity contribution in [2.45, 2.75) is 19.8 Å². The van der Waals surface area contributed by atoms with Crippen LogP contribution in [-0.2, 0) is 0 Å². The smallest absolute Gasteiger partial charge is 0.347 e. The van der Waals surface area contributed by atoms with Crippen molar-refractivity contribution in [3.8, 4) is 10.6 Å². The summed E-state index contributed by atoms with van der Waals surface area (Å²) >= 11 is 1.21. The summed E-state index contributed by atoms with van der Waals surface area (Å²) in [5.41, 5.74) is 1.52. The molecule has 5 heteroatoms. The number of hydrogen-bond donors (Lipinski definition) is 1. The lowest BCUT2D eigenvalue weighted by Crippen LogP contribution is -2.00. The van der Waals surface area contributed by atoms with E-state index in [4.69, 9.17) is 0 Å². The topological polar surface area (TPSA) is 63.1 Å². The second-order valence-electron chi connectivity index (χ2n) is 5.10. The zero-order valence-electron chi connectivity index (χ0n) is 11.7. The quantitative estimate of drug-likeness (QED) is 0.788. The van der Waals surface area contributed by atoms with Gasteiger partial charge in [0.05, 0.1) is 5.69 Å². The molecule has 3 aromatic rings. The molecule has 0 bridgehead atoms. The van der Waals surface area contributed by atoms with E-state index in [-0.39, 0.29) is 5.92 Å². The van der Waals surface area contributed by atoms with Gasteiger partial charge in [-0.2, -0.15) is 0 Å². The first-order valence-electron chi connectivity index (χ1n) is 6.65. The molecule has 1 N–H and O–H groups in total. The van der Waals surface area contributed by atoms with Gasteiger partial charge in [0.25, 0.3) is 0 Å². The summed E-state index contributed by atoms with van der Waals surface area (Å²) in [5.74, 6) is -0.848. The summed E-state index contributed by atoms with van der Waals surface area (Å²) in [4.78, 5) is 20.5. The Morgan fingerprint density at radius 3 is 2.67 bits per heavy atom. The number of thiazole rings is 1. The fraction of sp³-hybridized carbons (Fsp3) is 0.188. The molecule has 0 saturated heterocycles. The molecule has 0 aliphatic rings.